The van der Waals surface area contributed by atoms with E-state index < -0.39 is 7.12 Å². The molecule has 1 N–H and O–H groups in total. The van der Waals surface area contributed by atoms with Gasteiger partial charge in [-0.3, -0.25) is 0 Å². The fourth-order valence-electron chi connectivity index (χ4n) is 3.07. The first-order valence-corrected chi connectivity index (χ1v) is 7.74. The lowest BCUT2D eigenvalue weighted by molar-refractivity contribution is 0.292. The van der Waals surface area contributed by atoms with E-state index in [0.29, 0.717) is 18.7 Å². The molecule has 2 aromatic carbocycles. The molecule has 23 heavy (non-hydrogen) atoms. The third kappa shape index (κ3) is 3.36. The molecule has 1 aliphatic rings. The summed E-state index contributed by atoms with van der Waals surface area (Å²) in [6.07, 6.45) is 0.648. The van der Waals surface area contributed by atoms with Crippen LogP contribution in [0.2, 0.25) is 6.32 Å². The molecule has 1 heterocycles. The first-order valence-electron chi connectivity index (χ1n) is 7.74. The maximum absolute atomic E-state index is 9.59. The van der Waals surface area contributed by atoms with Gasteiger partial charge < -0.3 is 19.2 Å². The third-order valence-corrected chi connectivity index (χ3v) is 4.26. The van der Waals surface area contributed by atoms with E-state index in [4.69, 9.17) is 14.1 Å². The molecular weight excluding hydrogens is 291 g/mol. The van der Waals surface area contributed by atoms with Crippen LogP contribution in [0.15, 0.2) is 36.4 Å². The molecule has 0 bridgehead atoms. The van der Waals surface area contributed by atoms with Crippen LogP contribution in [-0.4, -0.2) is 33.0 Å². The average Bonchev–Trinajstić information content (AvgIpc) is 3.00. The van der Waals surface area contributed by atoms with Gasteiger partial charge in [0, 0.05) is 12.5 Å². The number of rotatable bonds is 4. The number of hydrogen-bond acceptors (Lipinski definition) is 4. The van der Waals surface area contributed by atoms with Gasteiger partial charge >= 0.3 is 7.12 Å². The van der Waals surface area contributed by atoms with Crippen molar-refractivity contribution < 1.29 is 19.2 Å². The zero-order chi connectivity index (χ0) is 16.4. The maximum atomic E-state index is 9.59. The van der Waals surface area contributed by atoms with Crippen molar-refractivity contribution in [2.45, 2.75) is 19.2 Å². The molecule has 1 atom stereocenters. The standard InChI is InChI=1S/C18H21BO4/c1-12-6-14(8-15(7-12)16-10-19(20)23-11-16)13-4-5-17(21-2)18(9-13)22-3/h4-9,16,20H,10-11H2,1-3H3/t16-/m1/s1. The zero-order valence-corrected chi connectivity index (χ0v) is 13.7. The van der Waals surface area contributed by atoms with E-state index in [9.17, 15) is 5.02 Å². The van der Waals surface area contributed by atoms with E-state index in [2.05, 4.69) is 25.1 Å². The second-order valence-corrected chi connectivity index (χ2v) is 5.92. The molecule has 0 aromatic heterocycles. The van der Waals surface area contributed by atoms with Gasteiger partial charge in [-0.2, -0.15) is 0 Å². The first kappa shape index (κ1) is 15.9. The quantitative estimate of drug-likeness (QED) is 0.880. The molecule has 0 radical (unpaired) electrons. The van der Waals surface area contributed by atoms with Crippen molar-refractivity contribution in [1.82, 2.24) is 0 Å². The predicted molar refractivity (Wildman–Crippen MR) is 91.2 cm³/mol. The molecule has 0 saturated carbocycles. The molecule has 1 saturated heterocycles. The van der Waals surface area contributed by atoms with E-state index in [1.165, 1.54) is 11.1 Å². The molecule has 2 aromatic rings. The summed E-state index contributed by atoms with van der Waals surface area (Å²) in [5.74, 6) is 1.67. The van der Waals surface area contributed by atoms with Gasteiger partial charge in [0.15, 0.2) is 11.5 Å². The van der Waals surface area contributed by atoms with E-state index in [1.54, 1.807) is 14.2 Å². The average molecular weight is 312 g/mol. The summed E-state index contributed by atoms with van der Waals surface area (Å²) < 4.78 is 16.0. The van der Waals surface area contributed by atoms with E-state index in [1.807, 2.05) is 18.2 Å². The van der Waals surface area contributed by atoms with Crippen molar-refractivity contribution in [2.24, 2.45) is 0 Å². The Morgan fingerprint density at radius 3 is 2.48 bits per heavy atom. The normalized spacial score (nSPS) is 17.4. The molecule has 0 amide bonds. The topological polar surface area (TPSA) is 47.9 Å². The minimum absolute atomic E-state index is 0.240. The lowest BCUT2D eigenvalue weighted by Gasteiger charge is -2.14. The molecule has 120 valence electrons. The van der Waals surface area contributed by atoms with Crippen LogP contribution >= 0.6 is 0 Å². The Labute approximate surface area is 137 Å². The Morgan fingerprint density at radius 1 is 1.04 bits per heavy atom. The number of aryl methyl sites for hydroxylation is 1. The van der Waals surface area contributed by atoms with Gasteiger partial charge in [-0.1, -0.05) is 29.8 Å². The van der Waals surface area contributed by atoms with Crippen LogP contribution < -0.4 is 9.47 Å². The second-order valence-electron chi connectivity index (χ2n) is 5.92. The van der Waals surface area contributed by atoms with Crippen molar-refractivity contribution in [3.05, 3.63) is 47.5 Å². The fourth-order valence-corrected chi connectivity index (χ4v) is 3.07. The molecule has 0 unspecified atom stereocenters. The van der Waals surface area contributed by atoms with Gasteiger partial charge in [-0.25, -0.2) is 0 Å². The Hall–Kier alpha value is -1.98. The highest BCUT2D eigenvalue weighted by molar-refractivity contribution is 6.43. The molecule has 1 aliphatic heterocycles. The number of hydrogen-bond donors (Lipinski definition) is 1. The summed E-state index contributed by atoms with van der Waals surface area (Å²) in [4.78, 5) is 0. The fraction of sp³-hybridized carbons (Fsp3) is 0.333. The van der Waals surface area contributed by atoms with E-state index in [0.717, 1.165) is 16.9 Å². The molecule has 1 fully saturated rings. The highest BCUT2D eigenvalue weighted by atomic mass is 16.5. The van der Waals surface area contributed by atoms with Gasteiger partial charge in [0.25, 0.3) is 0 Å². The Kier molecular flexibility index (Phi) is 4.60. The van der Waals surface area contributed by atoms with Crippen LogP contribution in [-0.2, 0) is 4.65 Å². The largest absolute Gasteiger partial charge is 0.493 e. The van der Waals surface area contributed by atoms with Gasteiger partial charge in [-0.05, 0) is 42.1 Å². The molecule has 0 aliphatic carbocycles. The maximum Gasteiger partial charge on any atom is 0.454 e. The second kappa shape index (κ2) is 6.65. The minimum Gasteiger partial charge on any atom is -0.493 e. The van der Waals surface area contributed by atoms with E-state index >= 15 is 0 Å². The molecule has 5 heteroatoms. The van der Waals surface area contributed by atoms with Crippen LogP contribution in [0.5, 0.6) is 11.5 Å². The SMILES string of the molecule is COc1ccc(-c2cc(C)cc([C@H]3COB(O)C3)c2)cc1OC. The van der Waals surface area contributed by atoms with Gasteiger partial charge in [-0.15, -0.1) is 0 Å². The van der Waals surface area contributed by atoms with Crippen LogP contribution in [0.1, 0.15) is 17.0 Å². The molecule has 3 rings (SSSR count). The van der Waals surface area contributed by atoms with Crippen LogP contribution in [0.3, 0.4) is 0 Å². The van der Waals surface area contributed by atoms with Gasteiger partial charge in [0.05, 0.1) is 14.2 Å². The summed E-state index contributed by atoms with van der Waals surface area (Å²) in [6, 6.07) is 12.4. The van der Waals surface area contributed by atoms with Crippen molar-refractivity contribution in [2.75, 3.05) is 20.8 Å². The summed E-state index contributed by atoms with van der Waals surface area (Å²) in [6.45, 7) is 2.65. The number of ether oxygens (including phenoxy) is 2. The summed E-state index contributed by atoms with van der Waals surface area (Å²) in [5, 5.41) is 9.59. The predicted octanol–water partition coefficient (Wildman–Crippen LogP) is 3.27. The number of benzene rings is 2. The van der Waals surface area contributed by atoms with Crippen molar-refractivity contribution in [3.8, 4) is 22.6 Å². The highest BCUT2D eigenvalue weighted by Crippen LogP contribution is 2.35. The smallest absolute Gasteiger partial charge is 0.454 e. The van der Waals surface area contributed by atoms with Crippen LogP contribution in [0, 0.1) is 6.92 Å². The van der Waals surface area contributed by atoms with Gasteiger partial charge in [0.2, 0.25) is 0 Å². The highest BCUT2D eigenvalue weighted by Gasteiger charge is 2.29. The van der Waals surface area contributed by atoms with E-state index in [-0.39, 0.29) is 5.92 Å². The Morgan fingerprint density at radius 2 is 1.83 bits per heavy atom. The monoisotopic (exact) mass is 312 g/mol. The van der Waals surface area contributed by atoms with Crippen LogP contribution in [0.25, 0.3) is 11.1 Å². The number of methoxy groups -OCH3 is 2. The molecule has 0 spiro atoms. The minimum atomic E-state index is -0.648. The lowest BCUT2D eigenvalue weighted by Crippen LogP contribution is -2.07. The van der Waals surface area contributed by atoms with Crippen molar-refractivity contribution in [3.63, 3.8) is 0 Å². The molecular formula is C18H21BO4. The Balaban J connectivity index is 1.98. The zero-order valence-electron chi connectivity index (χ0n) is 13.7. The Bertz CT molecular complexity index is 701. The van der Waals surface area contributed by atoms with Crippen molar-refractivity contribution in [1.29, 1.82) is 0 Å². The molecule has 4 nitrogen and oxygen atoms in total. The lowest BCUT2D eigenvalue weighted by atomic mass is 9.79. The third-order valence-electron chi connectivity index (χ3n) is 4.26. The summed E-state index contributed by atoms with van der Waals surface area (Å²) in [7, 11) is 2.62. The van der Waals surface area contributed by atoms with Crippen LogP contribution in [0.4, 0.5) is 0 Å². The van der Waals surface area contributed by atoms with Gasteiger partial charge in [0.1, 0.15) is 0 Å². The summed E-state index contributed by atoms with van der Waals surface area (Å²) in [5.41, 5.74) is 4.59. The van der Waals surface area contributed by atoms with Crippen molar-refractivity contribution >= 4 is 7.12 Å². The summed E-state index contributed by atoms with van der Waals surface area (Å²) >= 11 is 0. The first-order chi connectivity index (χ1) is 11.1.